The van der Waals surface area contributed by atoms with E-state index in [-0.39, 0.29) is 27.9 Å². The number of nitrogens with two attached hydrogens (primary N) is 2. The number of fused-ring (bicyclic) bond motifs is 5. The van der Waals surface area contributed by atoms with Crippen LogP contribution in [-0.2, 0) is 0 Å². The van der Waals surface area contributed by atoms with Crippen molar-refractivity contribution in [2.45, 2.75) is 134 Å². The molecule has 0 aromatic rings. The van der Waals surface area contributed by atoms with Crippen LogP contribution < -0.4 is 16.9 Å². The third-order valence-electron chi connectivity index (χ3n) is 12.5. The molecule has 5 rings (SSSR count). The Morgan fingerprint density at radius 2 is 1.75 bits per heavy atom. The number of hydrogen-bond acceptors (Lipinski definition) is 5. The maximum atomic E-state index is 10.9. The molecule has 6 heteroatoms. The van der Waals surface area contributed by atoms with Crippen molar-refractivity contribution in [3.05, 3.63) is 0 Å². The molecule has 5 aliphatic rings. The van der Waals surface area contributed by atoms with Crippen LogP contribution in [0.5, 0.6) is 0 Å². The molecule has 1 heterocycles. The molecule has 0 aromatic heterocycles. The Kier molecular flexibility index (Phi) is 7.82. The third kappa shape index (κ3) is 4.28. The summed E-state index contributed by atoms with van der Waals surface area (Å²) in [5.41, 5.74) is 16.8. The van der Waals surface area contributed by atoms with E-state index in [1.54, 1.807) is 0 Å². The van der Waals surface area contributed by atoms with E-state index in [4.69, 9.17) is 11.5 Å². The molecule has 0 radical (unpaired) electrons. The van der Waals surface area contributed by atoms with Gasteiger partial charge in [-0.25, -0.2) is 0 Å². The quantitative estimate of drug-likeness (QED) is 0.206. The van der Waals surface area contributed by atoms with Gasteiger partial charge in [-0.15, -0.1) is 0 Å². The number of nitrogens with one attached hydrogen (secondary N) is 1. The minimum atomic E-state index is -0.248. The Hall–Kier alpha value is -0.330. The first-order valence-corrected chi connectivity index (χ1v) is 16.2. The fourth-order valence-corrected chi connectivity index (χ4v) is 11.8. The number of rotatable bonds is 8. The predicted octanol–water partition coefficient (Wildman–Crippen LogP) is 6.28. The van der Waals surface area contributed by atoms with E-state index in [9.17, 15) is 5.11 Å². The van der Waals surface area contributed by atoms with Crippen LogP contribution in [0.3, 0.4) is 0 Å². The standard InChI is InChI=1S/C30H53BrN4O/c1-4-5-6-7-8-9-10-19-11-12-22-21-17-24(25-26(32)34-35-27(25)33)30(31)18-20(36)13-16-29(30,3)23(21)14-15-28(19,22)2/h19-26,34,36H,4-18,32H2,1-3H3,(H2,33,35). The van der Waals surface area contributed by atoms with Crippen LogP contribution in [0, 0.1) is 46.3 Å². The summed E-state index contributed by atoms with van der Waals surface area (Å²) in [6, 6.07) is 0. The van der Waals surface area contributed by atoms with Crippen LogP contribution in [0.15, 0.2) is 5.10 Å². The SMILES string of the molecule is CCCCCCCCC1CCC2C3CC(C4C(N)=NNC4N)C4(Br)CC(O)CCC4(C)C3CCC12C. The maximum absolute atomic E-state index is 10.9. The number of hydrazone groups is 1. The molecule has 4 fully saturated rings. The molecule has 0 spiro atoms. The Morgan fingerprint density at radius 3 is 2.47 bits per heavy atom. The molecule has 6 N–H and O–H groups in total. The molecule has 11 unspecified atom stereocenters. The summed E-state index contributed by atoms with van der Waals surface area (Å²) >= 11 is 4.37. The van der Waals surface area contributed by atoms with E-state index >= 15 is 0 Å². The lowest BCUT2D eigenvalue weighted by molar-refractivity contribution is -0.138. The second-order valence-electron chi connectivity index (χ2n) is 14.0. The number of alkyl halides is 1. The molecule has 11 atom stereocenters. The summed E-state index contributed by atoms with van der Waals surface area (Å²) in [6.07, 6.45) is 18.9. The highest BCUT2D eigenvalue weighted by molar-refractivity contribution is 9.10. The van der Waals surface area contributed by atoms with Gasteiger partial charge in [0.1, 0.15) is 12.0 Å². The van der Waals surface area contributed by atoms with Crippen molar-refractivity contribution in [3.63, 3.8) is 0 Å². The van der Waals surface area contributed by atoms with Gasteiger partial charge in [-0.1, -0.05) is 75.2 Å². The van der Waals surface area contributed by atoms with Crippen molar-refractivity contribution in [2.24, 2.45) is 62.9 Å². The lowest BCUT2D eigenvalue weighted by Gasteiger charge is -2.67. The van der Waals surface area contributed by atoms with Gasteiger partial charge in [0.25, 0.3) is 0 Å². The first kappa shape index (κ1) is 27.2. The maximum Gasteiger partial charge on any atom is 0.126 e. The van der Waals surface area contributed by atoms with Gasteiger partial charge in [0.15, 0.2) is 0 Å². The number of hydrogen-bond donors (Lipinski definition) is 4. The fourth-order valence-electron chi connectivity index (χ4n) is 10.4. The molecular formula is C30H53BrN4O. The summed E-state index contributed by atoms with van der Waals surface area (Å²) in [6.45, 7) is 7.52. The monoisotopic (exact) mass is 564 g/mol. The van der Waals surface area contributed by atoms with E-state index in [1.165, 1.54) is 77.0 Å². The molecule has 0 bridgehead atoms. The minimum absolute atomic E-state index is 0.0310. The number of amidine groups is 1. The molecule has 4 saturated carbocycles. The first-order valence-electron chi connectivity index (χ1n) is 15.4. The van der Waals surface area contributed by atoms with Crippen LogP contribution in [-0.4, -0.2) is 27.5 Å². The van der Waals surface area contributed by atoms with Crippen molar-refractivity contribution in [3.8, 4) is 0 Å². The summed E-state index contributed by atoms with van der Waals surface area (Å²) in [4.78, 5) is 0. The Labute approximate surface area is 228 Å². The van der Waals surface area contributed by atoms with Gasteiger partial charge in [0.2, 0.25) is 0 Å². The lowest BCUT2D eigenvalue weighted by Crippen LogP contribution is -2.67. The number of aliphatic hydroxyl groups excluding tert-OH is 1. The average molecular weight is 566 g/mol. The largest absolute Gasteiger partial charge is 0.393 e. The second-order valence-corrected chi connectivity index (χ2v) is 15.4. The topological polar surface area (TPSA) is 96.7 Å². The molecule has 0 aromatic carbocycles. The molecule has 0 saturated heterocycles. The minimum Gasteiger partial charge on any atom is -0.393 e. The van der Waals surface area contributed by atoms with Crippen molar-refractivity contribution in [2.75, 3.05) is 0 Å². The summed E-state index contributed by atoms with van der Waals surface area (Å²) in [5, 5.41) is 15.2. The molecule has 4 aliphatic carbocycles. The van der Waals surface area contributed by atoms with E-state index < -0.39 is 0 Å². The number of nitrogens with zero attached hydrogens (tertiary/aromatic N) is 1. The van der Waals surface area contributed by atoms with Gasteiger partial charge < -0.3 is 16.6 Å². The van der Waals surface area contributed by atoms with Gasteiger partial charge in [-0.2, -0.15) is 5.10 Å². The highest BCUT2D eigenvalue weighted by Gasteiger charge is 2.68. The van der Waals surface area contributed by atoms with Gasteiger partial charge in [0.05, 0.1) is 12.0 Å². The normalized spacial score (nSPS) is 50.1. The van der Waals surface area contributed by atoms with E-state index in [0.29, 0.717) is 17.2 Å². The zero-order chi connectivity index (χ0) is 25.7. The Bertz CT molecular complexity index is 823. The molecule has 5 nitrogen and oxygen atoms in total. The van der Waals surface area contributed by atoms with E-state index in [1.807, 2.05) is 0 Å². The number of unbranched alkanes of at least 4 members (excludes halogenated alkanes) is 5. The van der Waals surface area contributed by atoms with Gasteiger partial charge in [-0.3, -0.25) is 5.43 Å². The van der Waals surface area contributed by atoms with Crippen molar-refractivity contribution < 1.29 is 5.11 Å². The smallest absolute Gasteiger partial charge is 0.126 e. The Morgan fingerprint density at radius 1 is 1.00 bits per heavy atom. The summed E-state index contributed by atoms with van der Waals surface area (Å²) in [7, 11) is 0. The molecular weight excluding hydrogens is 512 g/mol. The lowest BCUT2D eigenvalue weighted by atomic mass is 9.41. The number of halogens is 1. The first-order chi connectivity index (χ1) is 17.2. The zero-order valence-electron chi connectivity index (χ0n) is 23.2. The second kappa shape index (κ2) is 10.3. The molecule has 206 valence electrons. The Balaban J connectivity index is 1.38. The van der Waals surface area contributed by atoms with Crippen molar-refractivity contribution in [1.29, 1.82) is 0 Å². The van der Waals surface area contributed by atoms with Crippen molar-refractivity contribution in [1.82, 2.24) is 5.43 Å². The highest BCUT2D eigenvalue weighted by atomic mass is 79.9. The zero-order valence-corrected chi connectivity index (χ0v) is 24.7. The summed E-state index contributed by atoms with van der Waals surface area (Å²) < 4.78 is -0.141. The molecule has 36 heavy (non-hydrogen) atoms. The van der Waals surface area contributed by atoms with Crippen molar-refractivity contribution >= 4 is 21.8 Å². The van der Waals surface area contributed by atoms with Gasteiger partial charge in [-0.05, 0) is 98.2 Å². The number of aliphatic hydroxyl groups is 1. The van der Waals surface area contributed by atoms with Crippen LogP contribution in [0.4, 0.5) is 0 Å². The van der Waals surface area contributed by atoms with Crippen LogP contribution >= 0.6 is 15.9 Å². The predicted molar refractivity (Wildman–Crippen MR) is 152 cm³/mol. The third-order valence-corrected chi connectivity index (χ3v) is 14.3. The highest BCUT2D eigenvalue weighted by Crippen LogP contribution is 2.72. The average Bonchev–Trinajstić information content (AvgIpc) is 3.35. The van der Waals surface area contributed by atoms with Crippen LogP contribution in [0.2, 0.25) is 0 Å². The molecule has 0 amide bonds. The van der Waals surface area contributed by atoms with Crippen LogP contribution in [0.1, 0.15) is 117 Å². The van der Waals surface area contributed by atoms with Crippen LogP contribution in [0.25, 0.3) is 0 Å². The summed E-state index contributed by atoms with van der Waals surface area (Å²) in [5.74, 6) is 4.15. The van der Waals surface area contributed by atoms with Gasteiger partial charge >= 0.3 is 0 Å². The fraction of sp³-hybridized carbons (Fsp3) is 0.967. The van der Waals surface area contributed by atoms with Gasteiger partial charge in [0, 0.05) is 4.32 Å². The van der Waals surface area contributed by atoms with E-state index in [0.717, 1.165) is 42.9 Å². The molecule has 1 aliphatic heterocycles. The van der Waals surface area contributed by atoms with E-state index in [2.05, 4.69) is 47.2 Å².